The van der Waals surface area contributed by atoms with Crippen molar-refractivity contribution in [2.75, 3.05) is 19.8 Å². The zero-order chi connectivity index (χ0) is 11.6. The molecule has 0 aromatic heterocycles. The summed E-state index contributed by atoms with van der Waals surface area (Å²) in [6.45, 7) is 4.07. The Labute approximate surface area is 95.6 Å². The average molecular weight is 223 g/mol. The SMILES string of the molecule is Cc1ccc(F)cc1CC1(CN)CCOC1. The van der Waals surface area contributed by atoms with Crippen molar-refractivity contribution >= 4 is 0 Å². The number of aryl methyl sites for hydroxylation is 1. The molecule has 0 saturated carbocycles. The van der Waals surface area contributed by atoms with Gasteiger partial charge in [-0.15, -0.1) is 0 Å². The Bertz CT molecular complexity index is 372. The Balaban J connectivity index is 2.21. The third-order valence-corrected chi connectivity index (χ3v) is 3.49. The van der Waals surface area contributed by atoms with E-state index < -0.39 is 0 Å². The second-order valence-electron chi connectivity index (χ2n) is 4.75. The lowest BCUT2D eigenvalue weighted by Crippen LogP contribution is -2.33. The molecule has 3 heteroatoms. The molecule has 1 saturated heterocycles. The van der Waals surface area contributed by atoms with Crippen molar-refractivity contribution < 1.29 is 9.13 Å². The van der Waals surface area contributed by atoms with E-state index in [1.807, 2.05) is 13.0 Å². The van der Waals surface area contributed by atoms with Crippen molar-refractivity contribution in [1.29, 1.82) is 0 Å². The molecule has 0 spiro atoms. The number of halogens is 1. The van der Waals surface area contributed by atoms with Gasteiger partial charge >= 0.3 is 0 Å². The van der Waals surface area contributed by atoms with Crippen LogP contribution < -0.4 is 5.73 Å². The summed E-state index contributed by atoms with van der Waals surface area (Å²) in [5.41, 5.74) is 8.02. The molecular weight excluding hydrogens is 205 g/mol. The van der Waals surface area contributed by atoms with Crippen LogP contribution in [0.4, 0.5) is 4.39 Å². The number of ether oxygens (including phenoxy) is 1. The van der Waals surface area contributed by atoms with E-state index in [9.17, 15) is 4.39 Å². The summed E-state index contributed by atoms with van der Waals surface area (Å²) >= 11 is 0. The summed E-state index contributed by atoms with van der Waals surface area (Å²) in [6.07, 6.45) is 1.78. The molecule has 1 aromatic carbocycles. The maximum atomic E-state index is 13.2. The monoisotopic (exact) mass is 223 g/mol. The van der Waals surface area contributed by atoms with Crippen molar-refractivity contribution in [2.24, 2.45) is 11.1 Å². The highest BCUT2D eigenvalue weighted by Gasteiger charge is 2.34. The van der Waals surface area contributed by atoms with E-state index >= 15 is 0 Å². The van der Waals surface area contributed by atoms with Crippen LogP contribution in [0.2, 0.25) is 0 Å². The zero-order valence-corrected chi connectivity index (χ0v) is 9.63. The van der Waals surface area contributed by atoms with Crippen LogP contribution in [0.25, 0.3) is 0 Å². The molecule has 16 heavy (non-hydrogen) atoms. The first kappa shape index (κ1) is 11.6. The fourth-order valence-corrected chi connectivity index (χ4v) is 2.26. The predicted octanol–water partition coefficient (Wildman–Crippen LogP) is 2.04. The first-order chi connectivity index (χ1) is 7.65. The summed E-state index contributed by atoms with van der Waals surface area (Å²) in [6, 6.07) is 4.94. The third-order valence-electron chi connectivity index (χ3n) is 3.49. The van der Waals surface area contributed by atoms with Crippen LogP contribution >= 0.6 is 0 Å². The number of rotatable bonds is 3. The molecule has 0 amide bonds. The van der Waals surface area contributed by atoms with Crippen LogP contribution in [-0.4, -0.2) is 19.8 Å². The lowest BCUT2D eigenvalue weighted by atomic mass is 9.80. The molecule has 1 heterocycles. The van der Waals surface area contributed by atoms with Crippen molar-refractivity contribution in [3.05, 3.63) is 35.1 Å². The summed E-state index contributed by atoms with van der Waals surface area (Å²) in [5.74, 6) is -0.174. The highest BCUT2D eigenvalue weighted by atomic mass is 19.1. The highest BCUT2D eigenvalue weighted by molar-refractivity contribution is 5.28. The molecule has 1 aromatic rings. The van der Waals surface area contributed by atoms with Gasteiger partial charge in [0.25, 0.3) is 0 Å². The molecule has 0 bridgehead atoms. The molecule has 0 aliphatic carbocycles. The Kier molecular flexibility index (Phi) is 3.26. The molecule has 2 nitrogen and oxygen atoms in total. The molecule has 1 aliphatic heterocycles. The maximum absolute atomic E-state index is 13.2. The Morgan fingerprint density at radius 1 is 1.50 bits per heavy atom. The quantitative estimate of drug-likeness (QED) is 0.851. The van der Waals surface area contributed by atoms with Crippen molar-refractivity contribution in [1.82, 2.24) is 0 Å². The second kappa shape index (κ2) is 4.52. The number of nitrogens with two attached hydrogens (primary N) is 1. The fraction of sp³-hybridized carbons (Fsp3) is 0.538. The molecule has 1 fully saturated rings. The molecule has 0 radical (unpaired) electrons. The van der Waals surface area contributed by atoms with Gasteiger partial charge in [0.05, 0.1) is 6.61 Å². The van der Waals surface area contributed by atoms with Gasteiger partial charge in [0.1, 0.15) is 5.82 Å². The van der Waals surface area contributed by atoms with E-state index in [1.165, 1.54) is 6.07 Å². The van der Waals surface area contributed by atoms with Gasteiger partial charge < -0.3 is 10.5 Å². The predicted molar refractivity (Wildman–Crippen MR) is 61.8 cm³/mol. The van der Waals surface area contributed by atoms with Crippen LogP contribution in [0.3, 0.4) is 0 Å². The lowest BCUT2D eigenvalue weighted by Gasteiger charge is -2.26. The van der Waals surface area contributed by atoms with Gasteiger partial charge in [-0.05, 0) is 43.0 Å². The fourth-order valence-electron chi connectivity index (χ4n) is 2.26. The first-order valence-corrected chi connectivity index (χ1v) is 5.68. The van der Waals surface area contributed by atoms with E-state index in [0.29, 0.717) is 13.2 Å². The topological polar surface area (TPSA) is 35.2 Å². The van der Waals surface area contributed by atoms with Crippen molar-refractivity contribution in [3.8, 4) is 0 Å². The van der Waals surface area contributed by atoms with Gasteiger partial charge in [-0.1, -0.05) is 6.07 Å². The summed E-state index contributed by atoms with van der Waals surface area (Å²) < 4.78 is 18.6. The van der Waals surface area contributed by atoms with E-state index in [4.69, 9.17) is 10.5 Å². The highest BCUT2D eigenvalue weighted by Crippen LogP contribution is 2.32. The molecule has 1 unspecified atom stereocenters. The Morgan fingerprint density at radius 3 is 2.94 bits per heavy atom. The van der Waals surface area contributed by atoms with Gasteiger partial charge in [-0.25, -0.2) is 4.39 Å². The average Bonchev–Trinajstić information content (AvgIpc) is 2.73. The standard InChI is InChI=1S/C13H18FNO/c1-10-2-3-12(14)6-11(10)7-13(8-15)4-5-16-9-13/h2-3,6H,4-5,7-9,15H2,1H3. The van der Waals surface area contributed by atoms with Crippen molar-refractivity contribution in [3.63, 3.8) is 0 Å². The minimum atomic E-state index is -0.174. The van der Waals surface area contributed by atoms with Gasteiger partial charge in [0.15, 0.2) is 0 Å². The van der Waals surface area contributed by atoms with Crippen LogP contribution in [0.15, 0.2) is 18.2 Å². The minimum Gasteiger partial charge on any atom is -0.381 e. The largest absolute Gasteiger partial charge is 0.381 e. The normalized spacial score (nSPS) is 24.9. The molecule has 88 valence electrons. The third kappa shape index (κ3) is 2.25. The van der Waals surface area contributed by atoms with Gasteiger partial charge in [-0.3, -0.25) is 0 Å². The van der Waals surface area contributed by atoms with E-state index in [0.717, 1.165) is 30.6 Å². The maximum Gasteiger partial charge on any atom is 0.123 e. The Hall–Kier alpha value is -0.930. The minimum absolute atomic E-state index is 0.0125. The zero-order valence-electron chi connectivity index (χ0n) is 9.63. The molecule has 1 aliphatic rings. The van der Waals surface area contributed by atoms with E-state index in [2.05, 4.69) is 0 Å². The first-order valence-electron chi connectivity index (χ1n) is 5.68. The van der Waals surface area contributed by atoms with E-state index in [1.54, 1.807) is 6.07 Å². The van der Waals surface area contributed by atoms with Crippen LogP contribution in [0, 0.1) is 18.2 Å². The van der Waals surface area contributed by atoms with Gasteiger partial charge in [0, 0.05) is 18.6 Å². The summed E-state index contributed by atoms with van der Waals surface area (Å²) in [7, 11) is 0. The van der Waals surface area contributed by atoms with Gasteiger partial charge in [-0.2, -0.15) is 0 Å². The number of benzene rings is 1. The van der Waals surface area contributed by atoms with Crippen LogP contribution in [0.1, 0.15) is 17.5 Å². The van der Waals surface area contributed by atoms with E-state index in [-0.39, 0.29) is 11.2 Å². The lowest BCUT2D eigenvalue weighted by molar-refractivity contribution is 0.154. The van der Waals surface area contributed by atoms with Gasteiger partial charge in [0.2, 0.25) is 0 Å². The number of hydrogen-bond acceptors (Lipinski definition) is 2. The second-order valence-corrected chi connectivity index (χ2v) is 4.75. The summed E-state index contributed by atoms with van der Waals surface area (Å²) in [5, 5.41) is 0. The molecule has 2 N–H and O–H groups in total. The molecule has 2 rings (SSSR count). The Morgan fingerprint density at radius 2 is 2.31 bits per heavy atom. The summed E-state index contributed by atoms with van der Waals surface area (Å²) in [4.78, 5) is 0. The number of hydrogen-bond donors (Lipinski definition) is 1. The smallest absolute Gasteiger partial charge is 0.123 e. The molecule has 1 atom stereocenters. The van der Waals surface area contributed by atoms with Crippen LogP contribution in [0.5, 0.6) is 0 Å². The van der Waals surface area contributed by atoms with Crippen molar-refractivity contribution in [2.45, 2.75) is 19.8 Å². The molecular formula is C13H18FNO. The van der Waals surface area contributed by atoms with Crippen LogP contribution in [-0.2, 0) is 11.2 Å².